The van der Waals surface area contributed by atoms with E-state index >= 15 is 0 Å². The molecule has 5 N–H and O–H groups in total. The number of carbonyl (C=O) groups is 2. The molecule has 8 heteroatoms. The topological polar surface area (TPSA) is 125 Å². The average Bonchev–Trinajstić information content (AvgIpc) is 2.84. The number of amides is 2. The Balaban J connectivity index is 1.86. The predicted octanol–water partition coefficient (Wildman–Crippen LogP) is 2.91. The number of nitrogens with two attached hydrogens (primary N) is 1. The van der Waals surface area contributed by atoms with Crippen LogP contribution in [0.3, 0.4) is 0 Å². The molecule has 0 aromatic heterocycles. The van der Waals surface area contributed by atoms with E-state index in [4.69, 9.17) is 10.5 Å². The minimum atomic E-state index is -0.227. The van der Waals surface area contributed by atoms with Gasteiger partial charge in [-0.15, -0.1) is 0 Å². The van der Waals surface area contributed by atoms with Gasteiger partial charge in [-0.05, 0) is 73.4 Å². The molecule has 182 valence electrons. The van der Waals surface area contributed by atoms with Crippen LogP contribution in [0.25, 0.3) is 12.2 Å². The van der Waals surface area contributed by atoms with Crippen LogP contribution in [0.1, 0.15) is 30.4 Å². The Morgan fingerprint density at radius 1 is 0.971 bits per heavy atom. The van der Waals surface area contributed by atoms with Gasteiger partial charge in [0.15, 0.2) is 11.5 Å². The zero-order valence-electron chi connectivity index (χ0n) is 19.4. The molecule has 0 atom stereocenters. The summed E-state index contributed by atoms with van der Waals surface area (Å²) in [6.45, 7) is 2.06. The second-order valence-corrected chi connectivity index (χ2v) is 7.66. The van der Waals surface area contributed by atoms with Crippen LogP contribution in [0.15, 0.2) is 54.6 Å². The van der Waals surface area contributed by atoms with Crippen molar-refractivity contribution in [1.29, 1.82) is 0 Å². The molecule has 2 amide bonds. The molecule has 0 saturated heterocycles. The first-order valence-corrected chi connectivity index (χ1v) is 11.2. The Kier molecular flexibility index (Phi) is 11.2. The SMILES string of the molecule is COc1cc(C=CC(=O)N(CCCCN)CCCNC(=O)C=Cc2ccc(O)cc2)ccc1O. The van der Waals surface area contributed by atoms with Crippen molar-refractivity contribution in [2.45, 2.75) is 19.3 Å². The summed E-state index contributed by atoms with van der Waals surface area (Å²) in [6, 6.07) is 11.4. The summed E-state index contributed by atoms with van der Waals surface area (Å²) in [5, 5.41) is 21.8. The van der Waals surface area contributed by atoms with Crippen LogP contribution in [-0.2, 0) is 9.59 Å². The molecule has 0 bridgehead atoms. The van der Waals surface area contributed by atoms with Crippen LogP contribution >= 0.6 is 0 Å². The number of nitrogens with one attached hydrogen (secondary N) is 1. The van der Waals surface area contributed by atoms with Crippen molar-refractivity contribution in [1.82, 2.24) is 10.2 Å². The Morgan fingerprint density at radius 3 is 2.35 bits per heavy atom. The van der Waals surface area contributed by atoms with Gasteiger partial charge in [0, 0.05) is 31.8 Å². The van der Waals surface area contributed by atoms with E-state index in [1.54, 1.807) is 53.5 Å². The summed E-state index contributed by atoms with van der Waals surface area (Å²) in [4.78, 5) is 26.5. The van der Waals surface area contributed by atoms with Gasteiger partial charge in [0.05, 0.1) is 7.11 Å². The maximum Gasteiger partial charge on any atom is 0.246 e. The lowest BCUT2D eigenvalue weighted by molar-refractivity contribution is -0.126. The maximum atomic E-state index is 12.8. The summed E-state index contributed by atoms with van der Waals surface area (Å²) in [5.41, 5.74) is 7.12. The molecule has 8 nitrogen and oxygen atoms in total. The van der Waals surface area contributed by atoms with E-state index < -0.39 is 0 Å². The van der Waals surface area contributed by atoms with Gasteiger partial charge in [0.2, 0.25) is 11.8 Å². The Labute approximate surface area is 200 Å². The standard InChI is InChI=1S/C26H33N3O5/c1-34-24-19-21(7-12-23(24)31)9-14-26(33)29(17-3-2-15-27)18-4-16-28-25(32)13-8-20-5-10-22(30)11-6-20/h5-14,19,30-31H,2-4,15-18,27H2,1H3,(H,28,32). The maximum absolute atomic E-state index is 12.8. The number of rotatable bonds is 13. The average molecular weight is 468 g/mol. The van der Waals surface area contributed by atoms with Crippen molar-refractivity contribution in [2.75, 3.05) is 33.3 Å². The molecule has 0 aliphatic heterocycles. The van der Waals surface area contributed by atoms with Crippen molar-refractivity contribution >= 4 is 24.0 Å². The van der Waals surface area contributed by atoms with Crippen molar-refractivity contribution in [3.05, 3.63) is 65.7 Å². The third kappa shape index (κ3) is 9.38. The van der Waals surface area contributed by atoms with E-state index in [1.807, 2.05) is 0 Å². The van der Waals surface area contributed by atoms with Crippen molar-refractivity contribution in [3.8, 4) is 17.2 Å². The van der Waals surface area contributed by atoms with Crippen LogP contribution in [-0.4, -0.2) is 60.2 Å². The van der Waals surface area contributed by atoms with Gasteiger partial charge in [-0.3, -0.25) is 9.59 Å². The predicted molar refractivity (Wildman–Crippen MR) is 133 cm³/mol. The highest BCUT2D eigenvalue weighted by atomic mass is 16.5. The molecule has 0 saturated carbocycles. The highest BCUT2D eigenvalue weighted by Gasteiger charge is 2.10. The lowest BCUT2D eigenvalue weighted by Gasteiger charge is -2.21. The number of hydrogen-bond acceptors (Lipinski definition) is 6. The highest BCUT2D eigenvalue weighted by molar-refractivity contribution is 5.92. The molecule has 34 heavy (non-hydrogen) atoms. The second-order valence-electron chi connectivity index (χ2n) is 7.66. The van der Waals surface area contributed by atoms with E-state index in [9.17, 15) is 19.8 Å². The summed E-state index contributed by atoms with van der Waals surface area (Å²) >= 11 is 0. The fourth-order valence-corrected chi connectivity index (χ4v) is 3.15. The van der Waals surface area contributed by atoms with Crippen molar-refractivity contribution < 1.29 is 24.5 Å². The molecule has 2 aromatic carbocycles. The smallest absolute Gasteiger partial charge is 0.246 e. The molecular weight excluding hydrogens is 434 g/mol. The first kappa shape index (κ1) is 26.5. The van der Waals surface area contributed by atoms with Crippen LogP contribution in [0, 0.1) is 0 Å². The van der Waals surface area contributed by atoms with Gasteiger partial charge in [0.1, 0.15) is 5.75 Å². The number of hydrogen-bond donors (Lipinski definition) is 4. The Morgan fingerprint density at radius 2 is 1.65 bits per heavy atom. The molecule has 0 radical (unpaired) electrons. The second kappa shape index (κ2) is 14.4. The molecule has 0 spiro atoms. The Hall–Kier alpha value is -3.78. The van der Waals surface area contributed by atoms with Crippen LogP contribution in [0.5, 0.6) is 17.2 Å². The zero-order chi connectivity index (χ0) is 24.8. The van der Waals surface area contributed by atoms with E-state index in [0.29, 0.717) is 38.3 Å². The fraction of sp³-hybridized carbons (Fsp3) is 0.308. The first-order chi connectivity index (χ1) is 16.4. The lowest BCUT2D eigenvalue weighted by Crippen LogP contribution is -2.34. The highest BCUT2D eigenvalue weighted by Crippen LogP contribution is 2.26. The van der Waals surface area contributed by atoms with Gasteiger partial charge in [-0.1, -0.05) is 18.2 Å². The van der Waals surface area contributed by atoms with Crippen molar-refractivity contribution in [2.24, 2.45) is 5.73 Å². The van der Waals surface area contributed by atoms with Crippen molar-refractivity contribution in [3.63, 3.8) is 0 Å². The van der Waals surface area contributed by atoms with Gasteiger partial charge in [-0.2, -0.15) is 0 Å². The molecule has 2 rings (SSSR count). The molecule has 0 fully saturated rings. The normalized spacial score (nSPS) is 11.1. The van der Waals surface area contributed by atoms with Crippen LogP contribution < -0.4 is 15.8 Å². The lowest BCUT2D eigenvalue weighted by atomic mass is 10.2. The van der Waals surface area contributed by atoms with Crippen LogP contribution in [0.4, 0.5) is 0 Å². The minimum absolute atomic E-state index is 0.0364. The third-order valence-corrected chi connectivity index (χ3v) is 5.04. The number of carbonyl (C=O) groups excluding carboxylic acids is 2. The van der Waals surface area contributed by atoms with Gasteiger partial charge in [0.25, 0.3) is 0 Å². The number of unbranched alkanes of at least 4 members (excludes halogenated alkanes) is 1. The molecule has 0 unspecified atom stereocenters. The van der Waals surface area contributed by atoms with Gasteiger partial charge in [-0.25, -0.2) is 0 Å². The van der Waals surface area contributed by atoms with E-state index in [-0.39, 0.29) is 23.3 Å². The third-order valence-electron chi connectivity index (χ3n) is 5.04. The zero-order valence-corrected chi connectivity index (χ0v) is 19.4. The summed E-state index contributed by atoms with van der Waals surface area (Å²) < 4.78 is 5.10. The monoisotopic (exact) mass is 467 g/mol. The van der Waals surface area contributed by atoms with E-state index in [1.165, 1.54) is 25.3 Å². The Bertz CT molecular complexity index is 986. The summed E-state index contributed by atoms with van der Waals surface area (Å²) in [5.74, 6) is 0.182. The summed E-state index contributed by atoms with van der Waals surface area (Å²) in [6.07, 6.45) is 8.50. The number of phenolic OH excluding ortho intramolecular Hbond substituents is 2. The fourth-order valence-electron chi connectivity index (χ4n) is 3.15. The number of benzene rings is 2. The minimum Gasteiger partial charge on any atom is -0.508 e. The number of aromatic hydroxyl groups is 2. The quantitative estimate of drug-likeness (QED) is 0.265. The first-order valence-electron chi connectivity index (χ1n) is 11.2. The number of ether oxygens (including phenoxy) is 1. The molecule has 0 aliphatic carbocycles. The molecule has 0 aliphatic rings. The summed E-state index contributed by atoms with van der Waals surface area (Å²) in [7, 11) is 1.47. The van der Waals surface area contributed by atoms with Crippen LogP contribution in [0.2, 0.25) is 0 Å². The number of methoxy groups -OCH3 is 1. The van der Waals surface area contributed by atoms with E-state index in [2.05, 4.69) is 5.32 Å². The number of phenols is 2. The number of nitrogens with zero attached hydrogens (tertiary/aromatic N) is 1. The van der Waals surface area contributed by atoms with Gasteiger partial charge < -0.3 is 30.9 Å². The molecule has 0 heterocycles. The molecular formula is C26H33N3O5. The van der Waals surface area contributed by atoms with E-state index in [0.717, 1.165) is 24.0 Å². The van der Waals surface area contributed by atoms with Gasteiger partial charge >= 0.3 is 0 Å². The molecule has 2 aromatic rings. The largest absolute Gasteiger partial charge is 0.508 e.